The van der Waals surface area contributed by atoms with Gasteiger partial charge in [-0.05, 0) is 80.3 Å². The van der Waals surface area contributed by atoms with Crippen LogP contribution in [-0.4, -0.2) is 51.7 Å². The van der Waals surface area contributed by atoms with Crippen molar-refractivity contribution in [3.63, 3.8) is 0 Å². The number of esters is 1. The van der Waals surface area contributed by atoms with Crippen LogP contribution in [0.4, 0.5) is 4.39 Å². The van der Waals surface area contributed by atoms with Crippen LogP contribution in [0.1, 0.15) is 36.7 Å². The summed E-state index contributed by atoms with van der Waals surface area (Å²) in [7, 11) is 1.60. The maximum absolute atomic E-state index is 13.7. The molecule has 0 amide bonds. The minimum absolute atomic E-state index is 0.175. The second-order valence-corrected chi connectivity index (χ2v) is 8.47. The van der Waals surface area contributed by atoms with Gasteiger partial charge in [0, 0.05) is 12.1 Å². The Morgan fingerprint density at radius 2 is 2.06 bits per heavy atom. The molecule has 36 heavy (non-hydrogen) atoms. The average Bonchev–Trinajstić information content (AvgIpc) is 3.50. The molecule has 1 saturated heterocycles. The number of methoxy groups -OCH3 is 1. The number of hydrogen-bond donors (Lipinski definition) is 0. The van der Waals surface area contributed by atoms with Crippen molar-refractivity contribution in [1.82, 2.24) is 19.7 Å². The Kier molecular flexibility index (Phi) is 6.17. The molecule has 1 fully saturated rings. The number of nitrogens with zero attached hydrogens (tertiary/aromatic N) is 5. The summed E-state index contributed by atoms with van der Waals surface area (Å²) in [5.41, 5.74) is 1.41. The number of aryl methyl sites for hydroxylation is 1. The Balaban J connectivity index is 1.50. The van der Waals surface area contributed by atoms with E-state index in [2.05, 4.69) is 15.2 Å². The third-order valence-corrected chi connectivity index (χ3v) is 6.20. The van der Waals surface area contributed by atoms with Crippen LogP contribution in [0, 0.1) is 12.7 Å². The maximum Gasteiger partial charge on any atom is 0.380 e. The first-order chi connectivity index (χ1) is 17.5. The third-order valence-electron chi connectivity index (χ3n) is 6.20. The first kappa shape index (κ1) is 23.5. The van der Waals surface area contributed by atoms with Gasteiger partial charge < -0.3 is 19.2 Å². The molecular weight excluding hydrogens is 465 g/mol. The van der Waals surface area contributed by atoms with Crippen LogP contribution >= 0.6 is 0 Å². The fourth-order valence-electron chi connectivity index (χ4n) is 4.54. The molecule has 9 nitrogen and oxygen atoms in total. The van der Waals surface area contributed by atoms with E-state index in [9.17, 15) is 9.18 Å². The average molecular weight is 492 g/mol. The zero-order valence-corrected chi connectivity index (χ0v) is 20.3. The smallest absolute Gasteiger partial charge is 0.380 e. The zero-order valence-electron chi connectivity index (χ0n) is 20.3. The molecule has 3 aromatic rings. The van der Waals surface area contributed by atoms with Gasteiger partial charge in [0.25, 0.3) is 0 Å². The Labute approximate surface area is 207 Å². The second-order valence-electron chi connectivity index (χ2n) is 8.47. The first-order valence-electron chi connectivity index (χ1n) is 11.7. The predicted molar refractivity (Wildman–Crippen MR) is 130 cm³/mol. The predicted octanol–water partition coefficient (Wildman–Crippen LogP) is 3.96. The van der Waals surface area contributed by atoms with E-state index < -0.39 is 17.5 Å². The number of aromatic nitrogens is 3. The molecule has 0 saturated carbocycles. The van der Waals surface area contributed by atoms with E-state index in [1.807, 2.05) is 31.2 Å². The minimum atomic E-state index is -1.61. The number of piperidine rings is 1. The molecule has 1 aromatic heterocycles. The lowest BCUT2D eigenvalue weighted by Crippen LogP contribution is -2.54. The summed E-state index contributed by atoms with van der Waals surface area (Å²) in [5.74, 6) is 0.851. The lowest BCUT2D eigenvalue weighted by molar-refractivity contribution is -0.189. The molecule has 0 N–H and O–H groups in total. The summed E-state index contributed by atoms with van der Waals surface area (Å²) < 4.78 is 26.3. The standard InChI is InChI=1S/C26H26FN5O4/c1-4-35-25(33)26(20-8-10-21(27)11-9-20)31-13-5-6-19(24(31)30-36-26)14-18-7-12-22(23(15-18)34-3)32-16-28-17(2)29-32/h7-12,14-16H,4-6,13H2,1-3H3/b19-14+. The van der Waals surface area contributed by atoms with Crippen molar-refractivity contribution >= 4 is 17.9 Å². The first-order valence-corrected chi connectivity index (χ1v) is 11.7. The van der Waals surface area contributed by atoms with Gasteiger partial charge in [0.2, 0.25) is 0 Å². The highest BCUT2D eigenvalue weighted by Crippen LogP contribution is 2.41. The molecule has 1 unspecified atom stereocenters. The summed E-state index contributed by atoms with van der Waals surface area (Å²) in [4.78, 5) is 25.1. The van der Waals surface area contributed by atoms with Crippen molar-refractivity contribution in [3.8, 4) is 11.4 Å². The minimum Gasteiger partial charge on any atom is -0.494 e. The van der Waals surface area contributed by atoms with Crippen molar-refractivity contribution in [2.75, 3.05) is 20.3 Å². The van der Waals surface area contributed by atoms with Gasteiger partial charge >= 0.3 is 11.7 Å². The number of fused-ring (bicyclic) bond motifs is 1. The number of ether oxygens (including phenoxy) is 2. The molecule has 0 spiro atoms. The van der Waals surface area contributed by atoms with Crippen molar-refractivity contribution < 1.29 is 23.5 Å². The van der Waals surface area contributed by atoms with E-state index in [1.54, 1.807) is 29.9 Å². The fraction of sp³-hybridized carbons (Fsp3) is 0.308. The summed E-state index contributed by atoms with van der Waals surface area (Å²) in [5, 5.41) is 8.69. The van der Waals surface area contributed by atoms with Crippen LogP contribution in [0.25, 0.3) is 11.8 Å². The molecule has 5 rings (SSSR count). The molecule has 2 aliphatic heterocycles. The van der Waals surface area contributed by atoms with E-state index in [0.29, 0.717) is 29.5 Å². The van der Waals surface area contributed by atoms with Gasteiger partial charge in [-0.15, -0.1) is 0 Å². The monoisotopic (exact) mass is 491 g/mol. The molecule has 0 radical (unpaired) electrons. The number of oxime groups is 1. The molecule has 0 aliphatic carbocycles. The zero-order chi connectivity index (χ0) is 25.3. The van der Waals surface area contributed by atoms with E-state index in [-0.39, 0.29) is 6.61 Å². The van der Waals surface area contributed by atoms with Crippen LogP contribution in [-0.2, 0) is 20.1 Å². The molecule has 3 heterocycles. The van der Waals surface area contributed by atoms with Gasteiger partial charge in [-0.3, -0.25) is 0 Å². The van der Waals surface area contributed by atoms with Gasteiger partial charge in [0.05, 0.1) is 13.7 Å². The van der Waals surface area contributed by atoms with Crippen LogP contribution < -0.4 is 4.74 Å². The lowest BCUT2D eigenvalue weighted by atomic mass is 9.94. The SMILES string of the molecule is CCOC(=O)C1(c2ccc(F)cc2)ON=C2/C(=C/c3ccc(-n4cnc(C)n4)c(OC)c3)CCCN21. The molecular formula is C26H26FN5O4. The Morgan fingerprint density at radius 3 is 2.75 bits per heavy atom. The van der Waals surface area contributed by atoms with Crippen LogP contribution in [0.3, 0.4) is 0 Å². The summed E-state index contributed by atoms with van der Waals surface area (Å²) in [6, 6.07) is 11.4. The van der Waals surface area contributed by atoms with Crippen molar-refractivity contribution in [2.24, 2.45) is 5.16 Å². The Morgan fingerprint density at radius 1 is 1.25 bits per heavy atom. The van der Waals surface area contributed by atoms with Crippen LogP contribution in [0.5, 0.6) is 5.75 Å². The van der Waals surface area contributed by atoms with Crippen LogP contribution in [0.15, 0.2) is 59.5 Å². The number of rotatable bonds is 6. The molecule has 10 heteroatoms. The molecule has 2 aromatic carbocycles. The molecule has 0 bridgehead atoms. The third kappa shape index (κ3) is 3.98. The number of carbonyl (C=O) groups excluding carboxylic acids is 1. The number of hydrogen-bond acceptors (Lipinski definition) is 8. The molecule has 2 aliphatic rings. The fourth-order valence-corrected chi connectivity index (χ4v) is 4.54. The van der Waals surface area contributed by atoms with Gasteiger partial charge in [-0.1, -0.05) is 11.2 Å². The summed E-state index contributed by atoms with van der Waals surface area (Å²) in [6.45, 7) is 4.25. The van der Waals surface area contributed by atoms with E-state index in [0.717, 1.165) is 29.7 Å². The van der Waals surface area contributed by atoms with E-state index in [1.165, 1.54) is 24.3 Å². The summed E-state index contributed by atoms with van der Waals surface area (Å²) >= 11 is 0. The van der Waals surface area contributed by atoms with E-state index >= 15 is 0 Å². The highest BCUT2D eigenvalue weighted by atomic mass is 19.1. The van der Waals surface area contributed by atoms with Gasteiger partial charge in [-0.2, -0.15) is 5.10 Å². The van der Waals surface area contributed by atoms with Gasteiger partial charge in [-0.25, -0.2) is 18.9 Å². The Bertz CT molecular complexity index is 1350. The largest absolute Gasteiger partial charge is 0.494 e. The van der Waals surface area contributed by atoms with Gasteiger partial charge in [0.1, 0.15) is 29.4 Å². The van der Waals surface area contributed by atoms with Crippen molar-refractivity contribution in [2.45, 2.75) is 32.4 Å². The molecule has 186 valence electrons. The lowest BCUT2D eigenvalue weighted by Gasteiger charge is -2.37. The van der Waals surface area contributed by atoms with Crippen molar-refractivity contribution in [3.05, 3.63) is 77.1 Å². The van der Waals surface area contributed by atoms with Gasteiger partial charge in [0.15, 0.2) is 5.84 Å². The number of amidine groups is 1. The highest BCUT2D eigenvalue weighted by Gasteiger charge is 2.57. The summed E-state index contributed by atoms with van der Waals surface area (Å²) in [6.07, 6.45) is 5.15. The number of benzene rings is 2. The number of carbonyl (C=O) groups is 1. The topological polar surface area (TPSA) is 91.1 Å². The highest BCUT2D eigenvalue weighted by molar-refractivity contribution is 6.06. The van der Waals surface area contributed by atoms with Crippen molar-refractivity contribution in [1.29, 1.82) is 0 Å². The second kappa shape index (κ2) is 9.44. The normalized spacial score (nSPS) is 20.1. The number of halogens is 1. The maximum atomic E-state index is 13.7. The quantitative estimate of drug-likeness (QED) is 0.482. The van der Waals surface area contributed by atoms with Crippen LogP contribution in [0.2, 0.25) is 0 Å². The molecule has 1 atom stereocenters. The van der Waals surface area contributed by atoms with E-state index in [4.69, 9.17) is 14.3 Å². The Hall–Kier alpha value is -4.21.